The summed E-state index contributed by atoms with van der Waals surface area (Å²) in [5.41, 5.74) is 2.38. The lowest BCUT2D eigenvalue weighted by molar-refractivity contribution is 0.0104. The molecule has 0 amide bonds. The molecule has 1 aliphatic rings. The Bertz CT molecular complexity index is 400. The minimum atomic E-state index is -0.456. The Kier molecular flexibility index (Phi) is 3.55. The first kappa shape index (κ1) is 13.6. The van der Waals surface area contributed by atoms with E-state index in [0.29, 0.717) is 5.92 Å². The van der Waals surface area contributed by atoms with Crippen LogP contribution in [-0.2, 0) is 5.41 Å². The largest absolute Gasteiger partial charge is 0.390 e. The van der Waals surface area contributed by atoms with E-state index in [2.05, 4.69) is 45.0 Å². The fraction of sp³-hybridized carbons (Fsp3) is 0.647. The van der Waals surface area contributed by atoms with E-state index in [1.807, 2.05) is 6.92 Å². The van der Waals surface area contributed by atoms with Gasteiger partial charge in [-0.3, -0.25) is 0 Å². The standard InChI is InChI=1S/C17H26O/c1-13-7-9-14(10-8-13)16(2,3)12-15-6-5-11-17(15,4)18/h7-10,15,18H,5-6,11-12H2,1-4H3. The molecule has 2 unspecified atom stereocenters. The van der Waals surface area contributed by atoms with Gasteiger partial charge in [-0.2, -0.15) is 0 Å². The van der Waals surface area contributed by atoms with E-state index < -0.39 is 5.60 Å². The molecule has 0 bridgehead atoms. The van der Waals surface area contributed by atoms with E-state index in [9.17, 15) is 5.11 Å². The molecule has 18 heavy (non-hydrogen) atoms. The third kappa shape index (κ3) is 2.77. The van der Waals surface area contributed by atoms with Gasteiger partial charge in [0.25, 0.3) is 0 Å². The second kappa shape index (κ2) is 4.70. The van der Waals surface area contributed by atoms with Crippen molar-refractivity contribution in [2.75, 3.05) is 0 Å². The van der Waals surface area contributed by atoms with E-state index in [4.69, 9.17) is 0 Å². The van der Waals surface area contributed by atoms with Gasteiger partial charge < -0.3 is 5.11 Å². The maximum absolute atomic E-state index is 10.4. The molecule has 0 spiro atoms. The lowest BCUT2D eigenvalue weighted by Crippen LogP contribution is -2.34. The predicted molar refractivity (Wildman–Crippen MR) is 76.8 cm³/mol. The molecule has 1 saturated carbocycles. The van der Waals surface area contributed by atoms with Crippen LogP contribution in [-0.4, -0.2) is 10.7 Å². The molecular weight excluding hydrogens is 220 g/mol. The number of aryl methyl sites for hydroxylation is 1. The first-order chi connectivity index (χ1) is 8.31. The highest BCUT2D eigenvalue weighted by atomic mass is 16.3. The van der Waals surface area contributed by atoms with E-state index in [1.165, 1.54) is 24.0 Å². The van der Waals surface area contributed by atoms with Crippen molar-refractivity contribution in [3.63, 3.8) is 0 Å². The summed E-state index contributed by atoms with van der Waals surface area (Å²) in [5.74, 6) is 0.439. The molecule has 0 heterocycles. The fourth-order valence-electron chi connectivity index (χ4n) is 3.28. The fourth-order valence-corrected chi connectivity index (χ4v) is 3.28. The Morgan fingerprint density at radius 1 is 1.28 bits per heavy atom. The second-order valence-corrected chi connectivity index (χ2v) is 6.90. The van der Waals surface area contributed by atoms with E-state index >= 15 is 0 Å². The van der Waals surface area contributed by atoms with Crippen LogP contribution >= 0.6 is 0 Å². The Morgan fingerprint density at radius 2 is 1.89 bits per heavy atom. The van der Waals surface area contributed by atoms with Gasteiger partial charge >= 0.3 is 0 Å². The molecule has 0 aliphatic heterocycles. The molecule has 100 valence electrons. The molecule has 1 aliphatic carbocycles. The summed E-state index contributed by atoms with van der Waals surface area (Å²) < 4.78 is 0. The monoisotopic (exact) mass is 246 g/mol. The highest BCUT2D eigenvalue weighted by Crippen LogP contribution is 2.43. The van der Waals surface area contributed by atoms with Crippen LogP contribution in [0, 0.1) is 12.8 Å². The summed E-state index contributed by atoms with van der Waals surface area (Å²) >= 11 is 0. The van der Waals surface area contributed by atoms with Crippen molar-refractivity contribution in [2.45, 2.75) is 64.4 Å². The SMILES string of the molecule is Cc1ccc(C(C)(C)CC2CCCC2(C)O)cc1. The normalized spacial score (nSPS) is 28.6. The number of rotatable bonds is 3. The maximum Gasteiger partial charge on any atom is 0.0648 e. The zero-order valence-corrected chi connectivity index (χ0v) is 12.2. The van der Waals surface area contributed by atoms with Crippen molar-refractivity contribution < 1.29 is 5.11 Å². The van der Waals surface area contributed by atoms with E-state index in [0.717, 1.165) is 12.8 Å². The van der Waals surface area contributed by atoms with Gasteiger partial charge in [0, 0.05) is 0 Å². The van der Waals surface area contributed by atoms with Crippen LogP contribution in [0.3, 0.4) is 0 Å². The van der Waals surface area contributed by atoms with E-state index in [-0.39, 0.29) is 5.41 Å². The average Bonchev–Trinajstić information content (AvgIpc) is 2.58. The molecule has 1 N–H and O–H groups in total. The summed E-state index contributed by atoms with van der Waals surface area (Å²) in [5, 5.41) is 10.4. The topological polar surface area (TPSA) is 20.2 Å². The molecule has 0 aromatic heterocycles. The highest BCUT2D eigenvalue weighted by Gasteiger charge is 2.40. The van der Waals surface area contributed by atoms with Crippen molar-refractivity contribution in [1.29, 1.82) is 0 Å². The molecule has 1 aromatic carbocycles. The second-order valence-electron chi connectivity index (χ2n) is 6.90. The smallest absolute Gasteiger partial charge is 0.0648 e. The average molecular weight is 246 g/mol. The van der Waals surface area contributed by atoms with Crippen LogP contribution in [0.25, 0.3) is 0 Å². The maximum atomic E-state index is 10.4. The summed E-state index contributed by atoms with van der Waals surface area (Å²) in [6.07, 6.45) is 4.37. The predicted octanol–water partition coefficient (Wildman–Crippen LogP) is 4.21. The molecule has 2 rings (SSSR count). The van der Waals surface area contributed by atoms with Gasteiger partial charge in [0.15, 0.2) is 0 Å². The Balaban J connectivity index is 2.14. The minimum Gasteiger partial charge on any atom is -0.390 e. The van der Waals surface area contributed by atoms with Gasteiger partial charge in [-0.1, -0.05) is 50.1 Å². The van der Waals surface area contributed by atoms with Crippen LogP contribution in [0.15, 0.2) is 24.3 Å². The number of aliphatic hydroxyl groups is 1. The molecule has 1 aromatic rings. The van der Waals surface area contributed by atoms with Crippen LogP contribution in [0.5, 0.6) is 0 Å². The van der Waals surface area contributed by atoms with Crippen molar-refractivity contribution in [3.05, 3.63) is 35.4 Å². The van der Waals surface area contributed by atoms with Crippen LogP contribution in [0.2, 0.25) is 0 Å². The van der Waals surface area contributed by atoms with Crippen molar-refractivity contribution in [1.82, 2.24) is 0 Å². The van der Waals surface area contributed by atoms with Crippen molar-refractivity contribution >= 4 is 0 Å². The zero-order chi connectivity index (χ0) is 13.4. The molecule has 1 fully saturated rings. The van der Waals surface area contributed by atoms with Crippen molar-refractivity contribution in [2.24, 2.45) is 5.92 Å². The molecule has 2 atom stereocenters. The molecule has 0 radical (unpaired) electrons. The summed E-state index contributed by atoms with van der Waals surface area (Å²) in [6, 6.07) is 8.84. The van der Waals surface area contributed by atoms with Crippen LogP contribution in [0.1, 0.15) is 57.6 Å². The zero-order valence-electron chi connectivity index (χ0n) is 12.2. The lowest BCUT2D eigenvalue weighted by atomic mass is 9.73. The number of hydrogen-bond donors (Lipinski definition) is 1. The Morgan fingerprint density at radius 3 is 2.39 bits per heavy atom. The summed E-state index contributed by atoms with van der Waals surface area (Å²) in [6.45, 7) is 8.73. The first-order valence-electron chi connectivity index (χ1n) is 7.11. The minimum absolute atomic E-state index is 0.146. The van der Waals surface area contributed by atoms with Gasteiger partial charge in [0.1, 0.15) is 0 Å². The van der Waals surface area contributed by atoms with Gasteiger partial charge in [-0.05, 0) is 50.0 Å². The van der Waals surface area contributed by atoms with Crippen molar-refractivity contribution in [3.8, 4) is 0 Å². The van der Waals surface area contributed by atoms with Gasteiger partial charge in [-0.15, -0.1) is 0 Å². The van der Waals surface area contributed by atoms with E-state index in [1.54, 1.807) is 0 Å². The molecule has 1 heteroatoms. The Labute approximate surface area is 111 Å². The number of hydrogen-bond acceptors (Lipinski definition) is 1. The molecular formula is C17H26O. The lowest BCUT2D eigenvalue weighted by Gasteiger charge is -2.34. The Hall–Kier alpha value is -0.820. The van der Waals surface area contributed by atoms with Crippen LogP contribution in [0.4, 0.5) is 0 Å². The highest BCUT2D eigenvalue weighted by molar-refractivity contribution is 5.27. The summed E-state index contributed by atoms with van der Waals surface area (Å²) in [7, 11) is 0. The number of benzene rings is 1. The third-order valence-corrected chi connectivity index (χ3v) is 4.70. The summed E-state index contributed by atoms with van der Waals surface area (Å²) in [4.78, 5) is 0. The molecule has 0 saturated heterocycles. The quantitative estimate of drug-likeness (QED) is 0.847. The third-order valence-electron chi connectivity index (χ3n) is 4.70. The van der Waals surface area contributed by atoms with Gasteiger partial charge in [-0.25, -0.2) is 0 Å². The van der Waals surface area contributed by atoms with Crippen LogP contribution < -0.4 is 0 Å². The van der Waals surface area contributed by atoms with Gasteiger partial charge in [0.2, 0.25) is 0 Å². The van der Waals surface area contributed by atoms with Gasteiger partial charge in [0.05, 0.1) is 5.60 Å². The molecule has 1 nitrogen and oxygen atoms in total. The first-order valence-corrected chi connectivity index (χ1v) is 7.11.